The number of benzene rings is 1. The summed E-state index contributed by atoms with van der Waals surface area (Å²) in [7, 11) is 0. The topological polar surface area (TPSA) is 89.8 Å². The van der Waals surface area contributed by atoms with Crippen molar-refractivity contribution in [1.82, 2.24) is 0 Å². The predicted octanol–water partition coefficient (Wildman–Crippen LogP) is -2.26. The third kappa shape index (κ3) is 3.59. The average molecular weight is 234 g/mol. The van der Waals surface area contributed by atoms with Crippen LogP contribution in [0.5, 0.6) is 17.2 Å². The molecule has 82 valence electrons. The van der Waals surface area contributed by atoms with Crippen LogP contribution < -0.4 is 34.7 Å². The van der Waals surface area contributed by atoms with Crippen LogP contribution in [0.25, 0.3) is 0 Å². The van der Waals surface area contributed by atoms with Crippen molar-refractivity contribution >= 4 is 5.97 Å². The number of hydrogen-bond acceptors (Lipinski definition) is 5. The van der Waals surface area contributed by atoms with E-state index in [1.54, 1.807) is 0 Å². The fraction of sp³-hybridized carbons (Fsp3) is 0.300. The van der Waals surface area contributed by atoms with Gasteiger partial charge in [0, 0.05) is 0 Å². The predicted molar refractivity (Wildman–Crippen MR) is 49.8 cm³/mol. The monoisotopic (exact) mass is 234 g/mol. The van der Waals surface area contributed by atoms with Gasteiger partial charge in [-0.15, -0.1) is 0 Å². The second-order valence-corrected chi connectivity index (χ2v) is 2.98. The zero-order valence-electron chi connectivity index (χ0n) is 9.19. The van der Waals surface area contributed by atoms with Gasteiger partial charge in [-0.3, -0.25) is 0 Å². The SMILES string of the molecule is CCCOC(=O)c1cc([O-])c(O)c(O)c1.[Na+]. The maximum Gasteiger partial charge on any atom is 1.00 e. The number of aromatic hydroxyl groups is 2. The molecule has 6 heteroatoms. The van der Waals surface area contributed by atoms with Gasteiger partial charge in [-0.05, 0) is 12.5 Å². The summed E-state index contributed by atoms with van der Waals surface area (Å²) in [6, 6.07) is 1.92. The maximum absolute atomic E-state index is 11.3. The Morgan fingerprint density at radius 1 is 1.44 bits per heavy atom. The van der Waals surface area contributed by atoms with Crippen LogP contribution in [0.2, 0.25) is 0 Å². The molecule has 0 aromatic heterocycles. The van der Waals surface area contributed by atoms with Gasteiger partial charge in [0.2, 0.25) is 0 Å². The number of carbonyl (C=O) groups is 1. The van der Waals surface area contributed by atoms with Gasteiger partial charge in [0.25, 0.3) is 0 Å². The number of phenolic OH excluding ortho intramolecular Hbond substituents is 2. The Bertz CT molecular complexity index is 354. The number of ether oxygens (including phenoxy) is 1. The summed E-state index contributed by atoms with van der Waals surface area (Å²) in [5, 5.41) is 29.1. The first kappa shape index (κ1) is 15.1. The van der Waals surface area contributed by atoms with Crippen LogP contribution >= 0.6 is 0 Å². The maximum atomic E-state index is 11.3. The van der Waals surface area contributed by atoms with Gasteiger partial charge < -0.3 is 20.1 Å². The van der Waals surface area contributed by atoms with Gasteiger partial charge in [0.05, 0.1) is 12.2 Å². The van der Waals surface area contributed by atoms with E-state index in [0.717, 1.165) is 12.1 Å². The molecule has 0 radical (unpaired) electrons. The minimum absolute atomic E-state index is 0. The minimum atomic E-state index is -0.807. The first-order valence-corrected chi connectivity index (χ1v) is 4.46. The molecule has 16 heavy (non-hydrogen) atoms. The quantitative estimate of drug-likeness (QED) is 0.350. The van der Waals surface area contributed by atoms with Crippen LogP contribution in [-0.2, 0) is 4.74 Å². The van der Waals surface area contributed by atoms with Gasteiger partial charge in [-0.2, -0.15) is 0 Å². The number of carbonyl (C=O) groups excluding carboxylic acids is 1. The van der Waals surface area contributed by atoms with Gasteiger partial charge in [-0.25, -0.2) is 4.79 Å². The fourth-order valence-electron chi connectivity index (χ4n) is 0.989. The Hall–Kier alpha value is -0.910. The average Bonchev–Trinajstić information content (AvgIpc) is 2.21. The number of phenols is 2. The summed E-state index contributed by atoms with van der Waals surface area (Å²) in [5.74, 6) is -2.88. The largest absolute Gasteiger partial charge is 1.00 e. The second kappa shape index (κ2) is 6.62. The molecule has 0 heterocycles. The zero-order valence-corrected chi connectivity index (χ0v) is 11.2. The molecule has 5 nitrogen and oxygen atoms in total. The first-order chi connectivity index (χ1) is 7.06. The molecular formula is C10H11NaO5. The minimum Gasteiger partial charge on any atom is -0.870 e. The number of rotatable bonds is 3. The van der Waals surface area contributed by atoms with E-state index in [-0.39, 0.29) is 41.7 Å². The van der Waals surface area contributed by atoms with Crippen molar-refractivity contribution in [1.29, 1.82) is 0 Å². The van der Waals surface area contributed by atoms with E-state index in [2.05, 4.69) is 0 Å². The molecule has 1 aromatic carbocycles. The Morgan fingerprint density at radius 2 is 2.06 bits per heavy atom. The summed E-state index contributed by atoms with van der Waals surface area (Å²) in [4.78, 5) is 11.3. The molecule has 0 spiro atoms. The van der Waals surface area contributed by atoms with E-state index in [9.17, 15) is 9.90 Å². The molecule has 0 aliphatic rings. The summed E-state index contributed by atoms with van der Waals surface area (Å²) < 4.78 is 4.76. The van der Waals surface area contributed by atoms with E-state index in [1.807, 2.05) is 6.92 Å². The third-order valence-corrected chi connectivity index (χ3v) is 1.73. The van der Waals surface area contributed by atoms with Crippen molar-refractivity contribution in [2.75, 3.05) is 6.61 Å². The van der Waals surface area contributed by atoms with Crippen LogP contribution in [0.15, 0.2) is 12.1 Å². The van der Waals surface area contributed by atoms with Gasteiger partial charge in [0.15, 0.2) is 5.75 Å². The fourth-order valence-corrected chi connectivity index (χ4v) is 0.989. The Labute approximate surface area is 115 Å². The van der Waals surface area contributed by atoms with Crippen molar-refractivity contribution in [2.24, 2.45) is 0 Å². The molecule has 1 aromatic rings. The Balaban J connectivity index is 0.00000225. The van der Waals surface area contributed by atoms with Crippen LogP contribution in [0.4, 0.5) is 0 Å². The summed E-state index contributed by atoms with van der Waals surface area (Å²) in [6.45, 7) is 2.08. The Morgan fingerprint density at radius 3 is 2.56 bits per heavy atom. The van der Waals surface area contributed by atoms with Crippen LogP contribution in [0.1, 0.15) is 23.7 Å². The standard InChI is InChI=1S/C10H12O5.Na/c1-2-3-15-10(14)6-4-7(11)9(13)8(12)5-6;/h4-5,11-13H,2-3H2,1H3;/q;+1/p-1. The normalized spacial score (nSPS) is 9.31. The molecule has 0 aliphatic heterocycles. The molecule has 0 fully saturated rings. The molecule has 0 aliphatic carbocycles. The molecule has 0 saturated carbocycles. The van der Waals surface area contributed by atoms with Crippen LogP contribution in [-0.4, -0.2) is 22.8 Å². The van der Waals surface area contributed by atoms with Gasteiger partial charge in [-0.1, -0.05) is 18.7 Å². The van der Waals surface area contributed by atoms with Gasteiger partial charge in [0.1, 0.15) is 5.75 Å². The van der Waals surface area contributed by atoms with Crippen molar-refractivity contribution in [2.45, 2.75) is 13.3 Å². The van der Waals surface area contributed by atoms with E-state index in [1.165, 1.54) is 0 Å². The summed E-state index contributed by atoms with van der Waals surface area (Å²) in [6.07, 6.45) is 0.667. The molecule has 1 rings (SSSR count). The molecule has 0 atom stereocenters. The van der Waals surface area contributed by atoms with Crippen molar-refractivity contribution in [3.05, 3.63) is 17.7 Å². The molecule has 0 unspecified atom stereocenters. The van der Waals surface area contributed by atoms with Crippen molar-refractivity contribution in [3.63, 3.8) is 0 Å². The smallest absolute Gasteiger partial charge is 0.870 e. The number of esters is 1. The first-order valence-electron chi connectivity index (χ1n) is 4.46. The van der Waals surface area contributed by atoms with E-state index < -0.39 is 23.2 Å². The Kier molecular flexibility index (Phi) is 6.25. The summed E-state index contributed by atoms with van der Waals surface area (Å²) in [5.41, 5.74) is -0.0660. The molecule has 0 amide bonds. The van der Waals surface area contributed by atoms with Crippen molar-refractivity contribution in [3.8, 4) is 17.2 Å². The van der Waals surface area contributed by atoms with E-state index >= 15 is 0 Å². The summed E-state index contributed by atoms with van der Waals surface area (Å²) >= 11 is 0. The molecule has 0 bridgehead atoms. The third-order valence-electron chi connectivity index (χ3n) is 1.73. The van der Waals surface area contributed by atoms with Crippen LogP contribution in [0.3, 0.4) is 0 Å². The zero-order chi connectivity index (χ0) is 11.4. The van der Waals surface area contributed by atoms with Crippen LogP contribution in [0, 0.1) is 0 Å². The van der Waals surface area contributed by atoms with Gasteiger partial charge >= 0.3 is 35.5 Å². The molecular weight excluding hydrogens is 223 g/mol. The molecule has 0 saturated heterocycles. The van der Waals surface area contributed by atoms with E-state index in [4.69, 9.17) is 14.9 Å². The second-order valence-electron chi connectivity index (χ2n) is 2.98. The molecule has 2 N–H and O–H groups in total. The van der Waals surface area contributed by atoms with Crippen molar-refractivity contribution < 1.29 is 54.4 Å². The number of hydrogen-bond donors (Lipinski definition) is 2. The van der Waals surface area contributed by atoms with E-state index in [0.29, 0.717) is 6.42 Å².